The van der Waals surface area contributed by atoms with E-state index in [0.29, 0.717) is 5.56 Å². The maximum Gasteiger partial charge on any atom is 0.337 e. The molecule has 17 heavy (non-hydrogen) atoms. The highest BCUT2D eigenvalue weighted by Gasteiger charge is 2.20. The Morgan fingerprint density at radius 3 is 2.24 bits per heavy atom. The highest BCUT2D eigenvalue weighted by molar-refractivity contribution is 5.93. The van der Waals surface area contributed by atoms with E-state index in [9.17, 15) is 9.90 Å². The van der Waals surface area contributed by atoms with Crippen LogP contribution in [0.15, 0.2) is 30.3 Å². The van der Waals surface area contributed by atoms with Gasteiger partial charge in [-0.3, -0.25) is 0 Å². The molecule has 1 aromatic carbocycles. The Morgan fingerprint density at radius 2 is 1.76 bits per heavy atom. The van der Waals surface area contributed by atoms with E-state index in [1.54, 1.807) is 0 Å². The van der Waals surface area contributed by atoms with Crippen LogP contribution in [0.4, 0.5) is 0 Å². The predicted molar refractivity (Wildman–Crippen MR) is 67.3 cm³/mol. The van der Waals surface area contributed by atoms with Crippen molar-refractivity contribution < 1.29 is 9.90 Å². The summed E-state index contributed by atoms with van der Waals surface area (Å²) in [5.41, 5.74) is 4.03. The van der Waals surface area contributed by atoms with E-state index in [-0.39, 0.29) is 0 Å². The van der Waals surface area contributed by atoms with Gasteiger partial charge >= 0.3 is 5.97 Å². The fraction of sp³-hybridized carbons (Fsp3) is 0.214. The number of aromatic carboxylic acids is 1. The van der Waals surface area contributed by atoms with E-state index in [2.05, 4.69) is 0 Å². The molecule has 0 unspecified atom stereocenters. The molecule has 1 heterocycles. The van der Waals surface area contributed by atoms with Gasteiger partial charge in [0.2, 0.25) is 0 Å². The monoisotopic (exact) mass is 229 g/mol. The van der Waals surface area contributed by atoms with Gasteiger partial charge in [-0.25, -0.2) is 4.79 Å². The van der Waals surface area contributed by atoms with Crippen molar-refractivity contribution in [1.29, 1.82) is 0 Å². The van der Waals surface area contributed by atoms with Crippen molar-refractivity contribution in [3.8, 4) is 11.3 Å². The zero-order valence-corrected chi connectivity index (χ0v) is 10.2. The van der Waals surface area contributed by atoms with Crippen LogP contribution in [-0.2, 0) is 7.05 Å². The summed E-state index contributed by atoms with van der Waals surface area (Å²) in [7, 11) is 1.90. The van der Waals surface area contributed by atoms with Gasteiger partial charge in [0, 0.05) is 12.7 Å². The molecule has 2 aromatic rings. The second-order valence-corrected chi connectivity index (χ2v) is 4.16. The lowest BCUT2D eigenvalue weighted by Gasteiger charge is -2.06. The summed E-state index contributed by atoms with van der Waals surface area (Å²) in [5, 5.41) is 9.22. The number of carbonyl (C=O) groups is 1. The standard InChI is InChI=1S/C14H15NO2/c1-9-12(14(16)17)10(2)15(3)13(9)11-7-5-4-6-8-11/h4-8H,1-3H3,(H,16,17). The predicted octanol–water partition coefficient (Wildman–Crippen LogP) is 3.01. The van der Waals surface area contributed by atoms with E-state index in [1.165, 1.54) is 0 Å². The Kier molecular flexibility index (Phi) is 2.76. The molecule has 0 radical (unpaired) electrons. The first-order valence-corrected chi connectivity index (χ1v) is 5.48. The molecule has 0 aliphatic heterocycles. The van der Waals surface area contributed by atoms with Crippen molar-refractivity contribution in [3.63, 3.8) is 0 Å². The Labute approximate surface area is 100 Å². The smallest absolute Gasteiger partial charge is 0.337 e. The fourth-order valence-corrected chi connectivity index (χ4v) is 2.30. The van der Waals surface area contributed by atoms with Gasteiger partial charge in [0.1, 0.15) is 0 Å². The van der Waals surface area contributed by atoms with Crippen LogP contribution in [0, 0.1) is 13.8 Å². The molecule has 0 aliphatic carbocycles. The number of aromatic nitrogens is 1. The van der Waals surface area contributed by atoms with Gasteiger partial charge in [0.25, 0.3) is 0 Å². The first-order chi connectivity index (χ1) is 8.04. The van der Waals surface area contributed by atoms with Crippen LogP contribution in [0.25, 0.3) is 11.3 Å². The average molecular weight is 229 g/mol. The van der Waals surface area contributed by atoms with Gasteiger partial charge in [0.05, 0.1) is 11.3 Å². The van der Waals surface area contributed by atoms with Gasteiger partial charge in [0.15, 0.2) is 0 Å². The third kappa shape index (κ3) is 1.73. The highest BCUT2D eigenvalue weighted by Crippen LogP contribution is 2.29. The minimum atomic E-state index is -0.863. The van der Waals surface area contributed by atoms with Crippen molar-refractivity contribution in [2.75, 3.05) is 0 Å². The topological polar surface area (TPSA) is 42.2 Å². The molecule has 3 heteroatoms. The zero-order valence-electron chi connectivity index (χ0n) is 10.2. The molecule has 0 atom stereocenters. The Balaban J connectivity index is 2.72. The Morgan fingerprint density at radius 1 is 1.18 bits per heavy atom. The normalized spacial score (nSPS) is 10.5. The molecule has 0 amide bonds. The van der Waals surface area contributed by atoms with Crippen LogP contribution in [0.1, 0.15) is 21.6 Å². The number of hydrogen-bond donors (Lipinski definition) is 1. The highest BCUT2D eigenvalue weighted by atomic mass is 16.4. The van der Waals surface area contributed by atoms with Gasteiger partial charge in [-0.05, 0) is 25.0 Å². The average Bonchev–Trinajstić information content (AvgIpc) is 2.51. The molecule has 0 saturated heterocycles. The largest absolute Gasteiger partial charge is 0.478 e. The molecule has 0 aliphatic rings. The second kappa shape index (κ2) is 4.09. The molecule has 0 bridgehead atoms. The molecular weight excluding hydrogens is 214 g/mol. The number of rotatable bonds is 2. The van der Waals surface area contributed by atoms with Crippen molar-refractivity contribution in [3.05, 3.63) is 47.2 Å². The van der Waals surface area contributed by atoms with Crippen molar-refractivity contribution in [2.24, 2.45) is 7.05 Å². The Hall–Kier alpha value is -2.03. The molecule has 0 fully saturated rings. The zero-order chi connectivity index (χ0) is 12.6. The summed E-state index contributed by atoms with van der Waals surface area (Å²) in [6.07, 6.45) is 0. The molecule has 1 N–H and O–H groups in total. The van der Waals surface area contributed by atoms with Crippen LogP contribution in [0.2, 0.25) is 0 Å². The van der Waals surface area contributed by atoms with Crippen LogP contribution >= 0.6 is 0 Å². The number of carboxylic acid groups (broad SMARTS) is 1. The summed E-state index contributed by atoms with van der Waals surface area (Å²) < 4.78 is 1.94. The SMILES string of the molecule is Cc1c(C(=O)O)c(C)n(C)c1-c1ccccc1. The van der Waals surface area contributed by atoms with Gasteiger partial charge in [-0.2, -0.15) is 0 Å². The summed E-state index contributed by atoms with van der Waals surface area (Å²) in [5.74, 6) is -0.863. The lowest BCUT2D eigenvalue weighted by molar-refractivity contribution is 0.0695. The quantitative estimate of drug-likeness (QED) is 0.860. The summed E-state index contributed by atoms with van der Waals surface area (Å²) >= 11 is 0. The van der Waals surface area contributed by atoms with Gasteiger partial charge in [-0.1, -0.05) is 30.3 Å². The first-order valence-electron chi connectivity index (χ1n) is 5.48. The van der Waals surface area contributed by atoms with E-state index < -0.39 is 5.97 Å². The molecule has 88 valence electrons. The lowest BCUT2D eigenvalue weighted by atomic mass is 10.1. The third-order valence-electron chi connectivity index (χ3n) is 3.19. The summed E-state index contributed by atoms with van der Waals surface area (Å²) in [4.78, 5) is 11.2. The van der Waals surface area contributed by atoms with Crippen molar-refractivity contribution >= 4 is 5.97 Å². The lowest BCUT2D eigenvalue weighted by Crippen LogP contribution is -2.00. The molecule has 3 nitrogen and oxygen atoms in total. The van der Waals surface area contributed by atoms with Crippen molar-refractivity contribution in [2.45, 2.75) is 13.8 Å². The number of hydrogen-bond acceptors (Lipinski definition) is 1. The maximum absolute atomic E-state index is 11.2. The van der Waals surface area contributed by atoms with Crippen LogP contribution in [0.3, 0.4) is 0 Å². The molecule has 0 spiro atoms. The fourth-order valence-electron chi connectivity index (χ4n) is 2.30. The minimum Gasteiger partial charge on any atom is -0.478 e. The molecule has 0 saturated carbocycles. The summed E-state index contributed by atoms with van der Waals surface area (Å²) in [6, 6.07) is 9.85. The molecule has 1 aromatic heterocycles. The third-order valence-corrected chi connectivity index (χ3v) is 3.19. The first kappa shape index (κ1) is 11.5. The Bertz CT molecular complexity index is 568. The van der Waals surface area contributed by atoms with Crippen molar-refractivity contribution in [1.82, 2.24) is 4.57 Å². The van der Waals surface area contributed by atoms with E-state index in [1.807, 2.05) is 55.8 Å². The van der Waals surface area contributed by atoms with Crippen LogP contribution in [-0.4, -0.2) is 15.6 Å². The number of carboxylic acids is 1. The summed E-state index contributed by atoms with van der Waals surface area (Å²) in [6.45, 7) is 3.70. The number of nitrogens with zero attached hydrogens (tertiary/aromatic N) is 1. The molecular formula is C14H15NO2. The van der Waals surface area contributed by atoms with Crippen LogP contribution < -0.4 is 0 Å². The molecule has 2 rings (SSSR count). The minimum absolute atomic E-state index is 0.409. The second-order valence-electron chi connectivity index (χ2n) is 4.16. The maximum atomic E-state index is 11.2. The van der Waals surface area contributed by atoms with E-state index in [0.717, 1.165) is 22.5 Å². The number of benzene rings is 1. The van der Waals surface area contributed by atoms with E-state index >= 15 is 0 Å². The van der Waals surface area contributed by atoms with Gasteiger partial charge in [-0.15, -0.1) is 0 Å². The van der Waals surface area contributed by atoms with Gasteiger partial charge < -0.3 is 9.67 Å². The van der Waals surface area contributed by atoms with Crippen LogP contribution in [0.5, 0.6) is 0 Å². The van der Waals surface area contributed by atoms with E-state index in [4.69, 9.17) is 0 Å².